The van der Waals surface area contributed by atoms with Gasteiger partial charge < -0.3 is 19.6 Å². The molecule has 2 amide bonds. The van der Waals surface area contributed by atoms with Crippen LogP contribution in [0.5, 0.6) is 5.75 Å². The molecule has 3 rings (SSSR count). The quantitative estimate of drug-likeness (QED) is 0.911. The summed E-state index contributed by atoms with van der Waals surface area (Å²) >= 11 is 0. The van der Waals surface area contributed by atoms with Gasteiger partial charge in [0.25, 0.3) is 0 Å². The molecule has 7 nitrogen and oxygen atoms in total. The first-order valence-electron chi connectivity index (χ1n) is 7.87. The summed E-state index contributed by atoms with van der Waals surface area (Å²) in [6, 6.07) is 8.60. The van der Waals surface area contributed by atoms with Crippen molar-refractivity contribution >= 4 is 12.0 Å². The maximum Gasteiger partial charge on any atom is 0.320 e. The van der Waals surface area contributed by atoms with Crippen molar-refractivity contribution in [3.8, 4) is 11.8 Å². The third-order valence-corrected chi connectivity index (χ3v) is 4.73. The van der Waals surface area contributed by atoms with Crippen LogP contribution in [-0.4, -0.2) is 53.7 Å². The molecule has 0 aliphatic carbocycles. The van der Waals surface area contributed by atoms with Crippen molar-refractivity contribution in [2.45, 2.75) is 12.5 Å². The summed E-state index contributed by atoms with van der Waals surface area (Å²) < 4.78 is 5.22. The topological polar surface area (TPSA) is 93.9 Å². The minimum Gasteiger partial charge on any atom is -0.497 e. The van der Waals surface area contributed by atoms with Crippen molar-refractivity contribution in [1.29, 1.82) is 5.26 Å². The van der Waals surface area contributed by atoms with E-state index in [-0.39, 0.29) is 11.9 Å². The van der Waals surface area contributed by atoms with Gasteiger partial charge in [-0.25, -0.2) is 4.79 Å². The van der Waals surface area contributed by atoms with Gasteiger partial charge in [-0.05, 0) is 24.1 Å². The summed E-state index contributed by atoms with van der Waals surface area (Å²) in [4.78, 5) is 27.6. The smallest absolute Gasteiger partial charge is 0.320 e. The Labute approximate surface area is 140 Å². The summed E-state index contributed by atoms with van der Waals surface area (Å²) in [7, 11) is 1.55. The molecule has 2 saturated heterocycles. The lowest BCUT2D eigenvalue weighted by atomic mass is 9.93. The Balaban J connectivity index is 1.86. The molecule has 1 N–H and O–H groups in total. The Morgan fingerprint density at radius 2 is 2.12 bits per heavy atom. The van der Waals surface area contributed by atoms with Crippen molar-refractivity contribution in [3.05, 3.63) is 29.8 Å². The van der Waals surface area contributed by atoms with Crippen molar-refractivity contribution in [2.75, 3.05) is 26.7 Å². The van der Waals surface area contributed by atoms with Crippen LogP contribution < -0.4 is 4.74 Å². The zero-order valence-electron chi connectivity index (χ0n) is 13.4. The summed E-state index contributed by atoms with van der Waals surface area (Å²) in [6.45, 7) is 1.22. The number of carbonyl (C=O) groups is 2. The number of carbonyl (C=O) groups excluding carboxylic acids is 1. The zero-order chi connectivity index (χ0) is 17.3. The number of ether oxygens (including phenoxy) is 1. The predicted molar refractivity (Wildman–Crippen MR) is 84.3 cm³/mol. The van der Waals surface area contributed by atoms with Crippen molar-refractivity contribution in [1.82, 2.24) is 9.80 Å². The first-order chi connectivity index (χ1) is 11.5. The molecule has 24 heavy (non-hydrogen) atoms. The maximum absolute atomic E-state index is 12.7. The lowest BCUT2D eigenvalue weighted by molar-refractivity contribution is -0.142. The number of amides is 2. The monoisotopic (exact) mass is 329 g/mol. The SMILES string of the molecule is COc1cccc([C@@H]2[C@H](C(=O)O)CCN2C(=O)N2CC(C#N)C2)c1. The molecule has 0 radical (unpaired) electrons. The number of nitriles is 1. The van der Waals surface area contributed by atoms with Gasteiger partial charge >= 0.3 is 12.0 Å². The van der Waals surface area contributed by atoms with Gasteiger partial charge in [0.1, 0.15) is 5.75 Å². The van der Waals surface area contributed by atoms with Gasteiger partial charge in [0.05, 0.1) is 31.1 Å². The zero-order valence-corrected chi connectivity index (χ0v) is 13.4. The van der Waals surface area contributed by atoms with Crippen LogP contribution in [0.4, 0.5) is 4.79 Å². The number of carboxylic acid groups (broad SMARTS) is 1. The van der Waals surface area contributed by atoms with E-state index in [0.717, 1.165) is 5.56 Å². The Morgan fingerprint density at radius 1 is 1.38 bits per heavy atom. The summed E-state index contributed by atoms with van der Waals surface area (Å²) in [5.74, 6) is -1.04. The molecule has 2 atom stereocenters. The second kappa shape index (κ2) is 6.40. The fourth-order valence-electron chi connectivity index (χ4n) is 3.40. The number of nitrogens with zero attached hydrogens (tertiary/aromatic N) is 3. The number of carboxylic acids is 1. The molecule has 7 heteroatoms. The molecule has 0 aromatic heterocycles. The number of hydrogen-bond donors (Lipinski definition) is 1. The van der Waals surface area contributed by atoms with Gasteiger partial charge in [-0.15, -0.1) is 0 Å². The van der Waals surface area contributed by atoms with Crippen LogP contribution >= 0.6 is 0 Å². The van der Waals surface area contributed by atoms with Crippen molar-refractivity contribution in [3.63, 3.8) is 0 Å². The van der Waals surface area contributed by atoms with Crippen LogP contribution in [0.25, 0.3) is 0 Å². The van der Waals surface area contributed by atoms with Gasteiger partial charge in [-0.3, -0.25) is 4.79 Å². The molecular formula is C17H19N3O4. The van der Waals surface area contributed by atoms with E-state index in [1.165, 1.54) is 0 Å². The molecule has 1 aromatic rings. The highest BCUT2D eigenvalue weighted by molar-refractivity contribution is 5.79. The standard InChI is InChI=1S/C17H19N3O4/c1-24-13-4-2-3-12(7-13)15-14(16(21)22)5-6-20(15)17(23)19-9-11(8-18)10-19/h2-4,7,11,14-15H,5-6,9-10H2,1H3,(H,21,22)/t14-,15-/m1/s1. The molecule has 2 aliphatic rings. The molecule has 0 saturated carbocycles. The van der Waals surface area contributed by atoms with Gasteiger partial charge in [-0.1, -0.05) is 12.1 Å². The van der Waals surface area contributed by atoms with E-state index in [1.807, 2.05) is 6.07 Å². The van der Waals surface area contributed by atoms with Crippen LogP contribution in [0.1, 0.15) is 18.0 Å². The van der Waals surface area contributed by atoms with Crippen molar-refractivity contribution in [2.24, 2.45) is 11.8 Å². The second-order valence-electron chi connectivity index (χ2n) is 6.16. The predicted octanol–water partition coefficient (Wildman–Crippen LogP) is 1.72. The molecule has 1 aromatic carbocycles. The van der Waals surface area contributed by atoms with Gasteiger partial charge in [0.15, 0.2) is 0 Å². The number of aliphatic carboxylic acids is 1. The molecule has 0 unspecified atom stereocenters. The lowest BCUT2D eigenvalue weighted by Gasteiger charge is -2.40. The average Bonchev–Trinajstić information content (AvgIpc) is 2.99. The fraction of sp³-hybridized carbons (Fsp3) is 0.471. The van der Waals surface area contributed by atoms with Gasteiger partial charge in [0.2, 0.25) is 0 Å². The van der Waals surface area contributed by atoms with E-state index in [4.69, 9.17) is 10.00 Å². The van der Waals surface area contributed by atoms with Crippen LogP contribution in [0.15, 0.2) is 24.3 Å². The van der Waals surface area contributed by atoms with E-state index in [2.05, 4.69) is 6.07 Å². The van der Waals surface area contributed by atoms with E-state index >= 15 is 0 Å². The second-order valence-corrected chi connectivity index (χ2v) is 6.16. The van der Waals surface area contributed by atoms with E-state index in [0.29, 0.717) is 31.8 Å². The number of urea groups is 1. The Bertz CT molecular complexity index is 693. The Morgan fingerprint density at radius 3 is 2.75 bits per heavy atom. The highest BCUT2D eigenvalue weighted by atomic mass is 16.5. The van der Waals surface area contributed by atoms with Crippen LogP contribution in [0.2, 0.25) is 0 Å². The van der Waals surface area contributed by atoms with Crippen LogP contribution in [0, 0.1) is 23.2 Å². The fourth-order valence-corrected chi connectivity index (χ4v) is 3.40. The lowest BCUT2D eigenvalue weighted by Crippen LogP contribution is -2.54. The summed E-state index contributed by atoms with van der Waals surface area (Å²) in [5.41, 5.74) is 0.755. The van der Waals surface area contributed by atoms with E-state index < -0.39 is 17.9 Å². The molecule has 2 fully saturated rings. The summed E-state index contributed by atoms with van der Waals surface area (Å²) in [6.07, 6.45) is 0.415. The molecular weight excluding hydrogens is 310 g/mol. The first kappa shape index (κ1) is 16.1. The molecule has 0 spiro atoms. The number of likely N-dealkylation sites (tertiary alicyclic amines) is 2. The third kappa shape index (κ3) is 2.75. The number of hydrogen-bond acceptors (Lipinski definition) is 4. The average molecular weight is 329 g/mol. The molecule has 2 aliphatic heterocycles. The largest absolute Gasteiger partial charge is 0.497 e. The number of benzene rings is 1. The van der Waals surface area contributed by atoms with Crippen LogP contribution in [0.3, 0.4) is 0 Å². The molecule has 2 heterocycles. The van der Waals surface area contributed by atoms with Crippen molar-refractivity contribution < 1.29 is 19.4 Å². The highest BCUT2D eigenvalue weighted by Crippen LogP contribution is 2.39. The number of methoxy groups -OCH3 is 1. The minimum absolute atomic E-state index is 0.123. The molecule has 126 valence electrons. The molecule has 0 bridgehead atoms. The maximum atomic E-state index is 12.7. The Hall–Kier alpha value is -2.75. The first-order valence-corrected chi connectivity index (χ1v) is 7.87. The summed E-state index contributed by atoms with van der Waals surface area (Å²) in [5, 5.41) is 18.4. The number of rotatable bonds is 3. The van der Waals surface area contributed by atoms with Gasteiger partial charge in [-0.2, -0.15) is 5.26 Å². The van der Waals surface area contributed by atoms with E-state index in [1.54, 1.807) is 35.1 Å². The minimum atomic E-state index is -0.906. The highest BCUT2D eigenvalue weighted by Gasteiger charge is 2.45. The van der Waals surface area contributed by atoms with E-state index in [9.17, 15) is 14.7 Å². The Kier molecular flexibility index (Phi) is 4.30. The van der Waals surface area contributed by atoms with Crippen LogP contribution in [-0.2, 0) is 4.79 Å². The normalized spacial score (nSPS) is 23.5. The van der Waals surface area contributed by atoms with Gasteiger partial charge in [0, 0.05) is 19.6 Å². The third-order valence-electron chi connectivity index (χ3n) is 4.73.